The number of piperidine rings is 1. The fourth-order valence-electron chi connectivity index (χ4n) is 3.78. The zero-order valence-corrected chi connectivity index (χ0v) is 12.3. The highest BCUT2D eigenvalue weighted by Gasteiger charge is 2.52. The molecule has 3 nitrogen and oxygen atoms in total. The standard InChI is InChI=1S/C15H30N2O/c1-13(2)4-6-14(12-16,7-5-13)15(18)8-10-17(3)11-9-15/h18H,4-12,16H2,1-3H3. The van der Waals surface area contributed by atoms with E-state index >= 15 is 0 Å². The van der Waals surface area contributed by atoms with Gasteiger partial charge in [-0.1, -0.05) is 13.8 Å². The van der Waals surface area contributed by atoms with Crippen LogP contribution in [-0.4, -0.2) is 42.3 Å². The molecule has 1 heterocycles. The van der Waals surface area contributed by atoms with E-state index in [9.17, 15) is 5.11 Å². The summed E-state index contributed by atoms with van der Waals surface area (Å²) in [6.45, 7) is 7.32. The molecular weight excluding hydrogens is 224 g/mol. The van der Waals surface area contributed by atoms with Crippen molar-refractivity contribution in [3.8, 4) is 0 Å². The molecule has 18 heavy (non-hydrogen) atoms. The lowest BCUT2D eigenvalue weighted by Crippen LogP contribution is -2.59. The summed E-state index contributed by atoms with van der Waals surface area (Å²) in [5.74, 6) is 0. The number of hydrogen-bond acceptors (Lipinski definition) is 3. The van der Waals surface area contributed by atoms with Crippen molar-refractivity contribution in [1.29, 1.82) is 0 Å². The predicted molar refractivity (Wildman–Crippen MR) is 75.4 cm³/mol. The van der Waals surface area contributed by atoms with Crippen LogP contribution >= 0.6 is 0 Å². The Bertz CT molecular complexity index is 283. The second kappa shape index (κ2) is 4.77. The van der Waals surface area contributed by atoms with Crippen molar-refractivity contribution < 1.29 is 5.11 Å². The minimum absolute atomic E-state index is 0.0240. The number of hydrogen-bond donors (Lipinski definition) is 2. The highest BCUT2D eigenvalue weighted by Crippen LogP contribution is 2.52. The van der Waals surface area contributed by atoms with Crippen LogP contribution in [0.25, 0.3) is 0 Å². The van der Waals surface area contributed by atoms with Crippen molar-refractivity contribution in [2.75, 3.05) is 26.7 Å². The average molecular weight is 254 g/mol. The number of nitrogens with zero attached hydrogens (tertiary/aromatic N) is 1. The molecule has 0 spiro atoms. The van der Waals surface area contributed by atoms with Gasteiger partial charge in [0, 0.05) is 25.0 Å². The molecule has 1 aliphatic heterocycles. The molecule has 1 aliphatic carbocycles. The second-order valence-corrected chi connectivity index (χ2v) is 7.48. The SMILES string of the molecule is CN1CCC(O)(C2(CN)CCC(C)(C)CC2)CC1. The summed E-state index contributed by atoms with van der Waals surface area (Å²) in [6.07, 6.45) is 6.36. The van der Waals surface area contributed by atoms with E-state index in [-0.39, 0.29) is 5.41 Å². The van der Waals surface area contributed by atoms with Crippen molar-refractivity contribution >= 4 is 0 Å². The second-order valence-electron chi connectivity index (χ2n) is 7.48. The first-order valence-corrected chi connectivity index (χ1v) is 7.44. The Kier molecular flexibility index (Phi) is 3.79. The zero-order valence-electron chi connectivity index (χ0n) is 12.3. The third-order valence-corrected chi connectivity index (χ3v) is 5.75. The smallest absolute Gasteiger partial charge is 0.0740 e. The van der Waals surface area contributed by atoms with E-state index in [0.717, 1.165) is 38.8 Å². The van der Waals surface area contributed by atoms with E-state index in [4.69, 9.17) is 5.73 Å². The maximum absolute atomic E-state index is 11.1. The molecule has 2 fully saturated rings. The van der Waals surface area contributed by atoms with Crippen LogP contribution in [0.3, 0.4) is 0 Å². The third kappa shape index (κ3) is 2.45. The summed E-state index contributed by atoms with van der Waals surface area (Å²) in [5.41, 5.74) is 5.99. The van der Waals surface area contributed by atoms with Crippen molar-refractivity contribution in [2.45, 2.75) is 58.0 Å². The van der Waals surface area contributed by atoms with Crippen LogP contribution < -0.4 is 5.73 Å². The van der Waals surface area contributed by atoms with E-state index in [0.29, 0.717) is 12.0 Å². The van der Waals surface area contributed by atoms with Crippen molar-refractivity contribution in [3.05, 3.63) is 0 Å². The minimum Gasteiger partial charge on any atom is -0.389 e. The summed E-state index contributed by atoms with van der Waals surface area (Å²) >= 11 is 0. The van der Waals surface area contributed by atoms with E-state index in [1.165, 1.54) is 12.8 Å². The van der Waals surface area contributed by atoms with Crippen LogP contribution in [0, 0.1) is 10.8 Å². The first kappa shape index (κ1) is 14.3. The molecule has 3 heteroatoms. The van der Waals surface area contributed by atoms with Gasteiger partial charge in [-0.2, -0.15) is 0 Å². The molecule has 0 aromatic carbocycles. The molecule has 2 aliphatic rings. The molecule has 1 saturated carbocycles. The van der Waals surface area contributed by atoms with Crippen LogP contribution in [0.2, 0.25) is 0 Å². The molecule has 0 radical (unpaired) electrons. The van der Waals surface area contributed by atoms with Crippen molar-refractivity contribution in [1.82, 2.24) is 4.90 Å². The lowest BCUT2D eigenvalue weighted by atomic mass is 9.56. The van der Waals surface area contributed by atoms with Gasteiger partial charge in [0.05, 0.1) is 5.60 Å². The maximum Gasteiger partial charge on any atom is 0.0740 e. The molecule has 3 N–H and O–H groups in total. The van der Waals surface area contributed by atoms with E-state index < -0.39 is 5.60 Å². The molecule has 2 rings (SSSR count). The van der Waals surface area contributed by atoms with E-state index in [1.54, 1.807) is 0 Å². The summed E-state index contributed by atoms with van der Waals surface area (Å²) in [7, 11) is 2.14. The Morgan fingerprint density at radius 2 is 1.50 bits per heavy atom. The quantitative estimate of drug-likeness (QED) is 0.792. The van der Waals surface area contributed by atoms with Gasteiger partial charge in [-0.15, -0.1) is 0 Å². The Morgan fingerprint density at radius 3 is 1.94 bits per heavy atom. The fourth-order valence-corrected chi connectivity index (χ4v) is 3.78. The molecule has 0 aromatic heterocycles. The highest BCUT2D eigenvalue weighted by molar-refractivity contribution is 5.05. The summed E-state index contributed by atoms with van der Waals surface area (Å²) < 4.78 is 0. The van der Waals surface area contributed by atoms with Crippen LogP contribution in [0.5, 0.6) is 0 Å². The van der Waals surface area contributed by atoms with Crippen LogP contribution in [0.1, 0.15) is 52.4 Å². The number of likely N-dealkylation sites (tertiary alicyclic amines) is 1. The van der Waals surface area contributed by atoms with Gasteiger partial charge in [0.2, 0.25) is 0 Å². The molecule has 0 aromatic rings. The highest BCUT2D eigenvalue weighted by atomic mass is 16.3. The van der Waals surface area contributed by atoms with Gasteiger partial charge in [-0.05, 0) is 51.0 Å². The van der Waals surface area contributed by atoms with Gasteiger partial charge in [-0.25, -0.2) is 0 Å². The van der Waals surface area contributed by atoms with Crippen molar-refractivity contribution in [3.63, 3.8) is 0 Å². The minimum atomic E-state index is -0.523. The monoisotopic (exact) mass is 254 g/mol. The average Bonchev–Trinajstić information content (AvgIpc) is 2.34. The number of rotatable bonds is 2. The van der Waals surface area contributed by atoms with Crippen LogP contribution in [0.15, 0.2) is 0 Å². The van der Waals surface area contributed by atoms with Gasteiger partial charge >= 0.3 is 0 Å². The fraction of sp³-hybridized carbons (Fsp3) is 1.00. The maximum atomic E-state index is 11.1. The number of nitrogens with two attached hydrogens (primary N) is 1. The number of aliphatic hydroxyl groups is 1. The van der Waals surface area contributed by atoms with Gasteiger partial charge < -0.3 is 15.7 Å². The van der Waals surface area contributed by atoms with Gasteiger partial charge in [-0.3, -0.25) is 0 Å². The Labute approximate surface area is 112 Å². The topological polar surface area (TPSA) is 49.5 Å². The molecule has 0 atom stereocenters. The summed E-state index contributed by atoms with van der Waals surface area (Å²) in [6, 6.07) is 0. The normalized spacial score (nSPS) is 31.2. The Hall–Kier alpha value is -0.120. The zero-order chi connectivity index (χ0) is 13.4. The Balaban J connectivity index is 2.13. The summed E-state index contributed by atoms with van der Waals surface area (Å²) in [5, 5.41) is 11.1. The first-order chi connectivity index (χ1) is 8.33. The molecule has 0 amide bonds. The van der Waals surface area contributed by atoms with Gasteiger partial charge in [0.25, 0.3) is 0 Å². The summed E-state index contributed by atoms with van der Waals surface area (Å²) in [4.78, 5) is 2.31. The van der Waals surface area contributed by atoms with Crippen LogP contribution in [-0.2, 0) is 0 Å². The lowest BCUT2D eigenvalue weighted by Gasteiger charge is -2.54. The predicted octanol–water partition coefficient (Wildman–Crippen LogP) is 1.99. The Morgan fingerprint density at radius 1 is 1.00 bits per heavy atom. The largest absolute Gasteiger partial charge is 0.389 e. The van der Waals surface area contributed by atoms with Crippen molar-refractivity contribution in [2.24, 2.45) is 16.6 Å². The molecule has 0 unspecified atom stereocenters. The lowest BCUT2D eigenvalue weighted by molar-refractivity contribution is -0.139. The van der Waals surface area contributed by atoms with Gasteiger partial charge in [0.15, 0.2) is 0 Å². The first-order valence-electron chi connectivity index (χ1n) is 7.44. The molecular formula is C15H30N2O. The van der Waals surface area contributed by atoms with Gasteiger partial charge in [0.1, 0.15) is 0 Å². The van der Waals surface area contributed by atoms with E-state index in [2.05, 4.69) is 25.8 Å². The molecule has 0 bridgehead atoms. The molecule has 106 valence electrons. The molecule has 1 saturated heterocycles. The third-order valence-electron chi connectivity index (χ3n) is 5.75. The van der Waals surface area contributed by atoms with Crippen LogP contribution in [0.4, 0.5) is 0 Å². The van der Waals surface area contributed by atoms with E-state index in [1.807, 2.05) is 0 Å².